The summed E-state index contributed by atoms with van der Waals surface area (Å²) in [5.74, 6) is 0.182. The van der Waals surface area contributed by atoms with Crippen LogP contribution in [0.5, 0.6) is 0 Å². The van der Waals surface area contributed by atoms with Gasteiger partial charge in [0.05, 0.1) is 17.5 Å². The van der Waals surface area contributed by atoms with Crippen LogP contribution in [0.1, 0.15) is 86.0 Å². The predicted octanol–water partition coefficient (Wildman–Crippen LogP) is 6.15. The Hall–Kier alpha value is 0.280. The second kappa shape index (κ2) is 13.7. The molecule has 6 nitrogen and oxygen atoms in total. The van der Waals surface area contributed by atoms with Gasteiger partial charge in [0.1, 0.15) is 0 Å². The third-order valence-corrected chi connectivity index (χ3v) is 15.1. The first-order chi connectivity index (χ1) is 13.5. The van der Waals surface area contributed by atoms with Crippen LogP contribution < -0.4 is 0 Å². The van der Waals surface area contributed by atoms with Gasteiger partial charge >= 0.3 is 13.1 Å². The van der Waals surface area contributed by atoms with Crippen molar-refractivity contribution in [3.8, 4) is 0 Å². The molecule has 0 aliphatic heterocycles. The Morgan fingerprint density at radius 3 is 1.47 bits per heavy atom. The second-order valence-corrected chi connectivity index (χ2v) is 15.7. The molecular weight excluding hydrogens is 463 g/mol. The zero-order chi connectivity index (χ0) is 24.3. The minimum atomic E-state index is -6.09. The predicted molar refractivity (Wildman–Crippen MR) is 117 cm³/mol. The summed E-state index contributed by atoms with van der Waals surface area (Å²) in [7, 11) is -11.7. The van der Waals surface area contributed by atoms with Crippen LogP contribution in [0, 0.1) is 0 Å². The van der Waals surface area contributed by atoms with Crippen molar-refractivity contribution >= 4 is 25.0 Å². The SMILES string of the molecule is CCCC[P+](CCCC)(CP(=O)(O)O)C(CC)(CC)CCC.O=S(=O)([O-])C(F)(F)F. The van der Waals surface area contributed by atoms with Gasteiger partial charge in [0.15, 0.2) is 16.0 Å². The summed E-state index contributed by atoms with van der Waals surface area (Å²) in [4.78, 5) is 19.6. The van der Waals surface area contributed by atoms with Crippen LogP contribution in [-0.4, -0.2) is 51.6 Å². The molecule has 184 valence electrons. The molecule has 0 heterocycles. The Bertz CT molecular complexity index is 608. The van der Waals surface area contributed by atoms with Gasteiger partial charge in [-0.25, -0.2) is 8.42 Å². The van der Waals surface area contributed by atoms with Crippen molar-refractivity contribution in [2.24, 2.45) is 0 Å². The fourth-order valence-electron chi connectivity index (χ4n) is 4.13. The summed E-state index contributed by atoms with van der Waals surface area (Å²) in [6.45, 7) is 11.1. The summed E-state index contributed by atoms with van der Waals surface area (Å²) in [5.41, 5.74) is -5.65. The average Bonchev–Trinajstić information content (AvgIpc) is 2.60. The molecule has 0 aliphatic carbocycles. The van der Waals surface area contributed by atoms with Gasteiger partial charge in [0, 0.05) is 7.26 Å². The molecule has 0 radical (unpaired) electrons. The van der Waals surface area contributed by atoms with Crippen molar-refractivity contribution in [1.82, 2.24) is 0 Å². The largest absolute Gasteiger partial charge is 0.741 e. The number of unbranched alkanes of at least 4 members (excludes halogenated alkanes) is 2. The number of rotatable bonds is 13. The standard InChI is InChI=1S/C17H38O3P2.CHF3O3S/c1-6-11-14-21(15-12-7-2,16-22(18,19)20)17(9-4,10-5)13-8-3;2-1(3,4)8(5,6)7/h6-16H2,1-5H3,(H-,18,19,20);(H,5,6,7). The van der Waals surface area contributed by atoms with Crippen molar-refractivity contribution in [2.75, 3.05) is 18.2 Å². The lowest BCUT2D eigenvalue weighted by atomic mass is 9.96. The molecule has 0 bridgehead atoms. The van der Waals surface area contributed by atoms with E-state index in [2.05, 4.69) is 34.6 Å². The highest BCUT2D eigenvalue weighted by atomic mass is 32.2. The van der Waals surface area contributed by atoms with Crippen LogP contribution in [0.2, 0.25) is 0 Å². The molecule has 12 heteroatoms. The van der Waals surface area contributed by atoms with Crippen LogP contribution >= 0.6 is 14.9 Å². The molecule has 0 saturated carbocycles. The molecule has 0 unspecified atom stereocenters. The van der Waals surface area contributed by atoms with Crippen LogP contribution in [0.3, 0.4) is 0 Å². The molecule has 0 aromatic heterocycles. The molecular formula is C18H39F3O6P2S. The summed E-state index contributed by atoms with van der Waals surface area (Å²) < 4.78 is 70.9. The summed E-state index contributed by atoms with van der Waals surface area (Å²) in [6, 6.07) is 0. The zero-order valence-electron chi connectivity index (χ0n) is 18.7. The first kappa shape index (κ1) is 32.5. The maximum Gasteiger partial charge on any atom is 0.485 e. The van der Waals surface area contributed by atoms with E-state index in [4.69, 9.17) is 13.0 Å². The van der Waals surface area contributed by atoms with Gasteiger partial charge in [-0.3, -0.25) is 4.57 Å². The third-order valence-electron chi connectivity index (χ3n) is 5.66. The number of alkyl halides is 3. The highest BCUT2D eigenvalue weighted by Gasteiger charge is 2.56. The first-order valence-corrected chi connectivity index (χ1v) is 16.0. The lowest BCUT2D eigenvalue weighted by molar-refractivity contribution is -0.0517. The van der Waals surface area contributed by atoms with E-state index in [-0.39, 0.29) is 11.1 Å². The van der Waals surface area contributed by atoms with Crippen molar-refractivity contribution in [1.29, 1.82) is 0 Å². The van der Waals surface area contributed by atoms with Gasteiger partial charge in [0.25, 0.3) is 0 Å². The van der Waals surface area contributed by atoms with Crippen molar-refractivity contribution in [3.63, 3.8) is 0 Å². The second-order valence-electron chi connectivity index (χ2n) is 7.69. The molecule has 2 N–H and O–H groups in total. The maximum atomic E-state index is 12.0. The fourth-order valence-corrected chi connectivity index (χ4v) is 14.3. The third kappa shape index (κ3) is 10.7. The maximum absolute atomic E-state index is 12.0. The smallest absolute Gasteiger partial charge is 0.485 e. The van der Waals surface area contributed by atoms with E-state index in [1.54, 1.807) is 0 Å². The highest BCUT2D eigenvalue weighted by Crippen LogP contribution is 2.77. The van der Waals surface area contributed by atoms with E-state index >= 15 is 0 Å². The van der Waals surface area contributed by atoms with Gasteiger partial charge in [-0.05, 0) is 32.1 Å². The Labute approximate surface area is 180 Å². The Kier molecular flexibility index (Phi) is 14.9. The monoisotopic (exact) mass is 502 g/mol. The number of hydrogen-bond donors (Lipinski definition) is 2. The van der Waals surface area contributed by atoms with Gasteiger partial charge in [-0.15, -0.1) is 0 Å². The molecule has 0 aliphatic rings. The van der Waals surface area contributed by atoms with Crippen molar-refractivity contribution in [2.45, 2.75) is 96.6 Å². The Morgan fingerprint density at radius 1 is 0.900 bits per heavy atom. The van der Waals surface area contributed by atoms with Crippen LogP contribution in [0.25, 0.3) is 0 Å². The molecule has 0 amide bonds. The summed E-state index contributed by atoms with van der Waals surface area (Å²) in [5, 5.41) is 0.174. The van der Waals surface area contributed by atoms with E-state index in [0.29, 0.717) is 0 Å². The Morgan fingerprint density at radius 2 is 1.27 bits per heavy atom. The summed E-state index contributed by atoms with van der Waals surface area (Å²) >= 11 is 0. The van der Waals surface area contributed by atoms with Gasteiger partial charge in [-0.1, -0.05) is 53.9 Å². The van der Waals surface area contributed by atoms with Crippen molar-refractivity contribution < 1.29 is 40.5 Å². The zero-order valence-corrected chi connectivity index (χ0v) is 21.3. The van der Waals surface area contributed by atoms with E-state index in [0.717, 1.165) is 63.7 Å². The molecule has 0 rings (SSSR count). The fraction of sp³-hybridized carbons (Fsp3) is 1.00. The van der Waals surface area contributed by atoms with Crippen molar-refractivity contribution in [3.05, 3.63) is 0 Å². The van der Waals surface area contributed by atoms with Gasteiger partial charge in [-0.2, -0.15) is 13.2 Å². The lowest BCUT2D eigenvalue weighted by Gasteiger charge is -2.45. The molecule has 0 spiro atoms. The molecule has 30 heavy (non-hydrogen) atoms. The number of hydrogen-bond acceptors (Lipinski definition) is 4. The van der Waals surface area contributed by atoms with Gasteiger partial charge < -0.3 is 14.3 Å². The van der Waals surface area contributed by atoms with Crippen LogP contribution in [0.15, 0.2) is 0 Å². The first-order valence-electron chi connectivity index (χ1n) is 10.4. The summed E-state index contributed by atoms with van der Waals surface area (Å²) in [6.07, 6.45) is 11.0. The van der Waals surface area contributed by atoms with Crippen LogP contribution in [0.4, 0.5) is 13.2 Å². The molecule has 0 atom stereocenters. The topological polar surface area (TPSA) is 115 Å². The van der Waals surface area contributed by atoms with E-state index in [9.17, 15) is 27.5 Å². The molecule has 0 saturated heterocycles. The molecule has 0 aromatic rings. The number of halogens is 3. The van der Waals surface area contributed by atoms with E-state index in [1.807, 2.05) is 0 Å². The van der Waals surface area contributed by atoms with E-state index in [1.165, 1.54) is 0 Å². The van der Waals surface area contributed by atoms with Gasteiger partial charge in [0.2, 0.25) is 0 Å². The molecule has 0 aromatic carbocycles. The molecule has 0 fully saturated rings. The normalized spacial score (nSPS) is 13.7. The Balaban J connectivity index is 0. The highest BCUT2D eigenvalue weighted by molar-refractivity contribution is 7.86. The minimum absolute atomic E-state index is 0.174. The van der Waals surface area contributed by atoms with E-state index < -0.39 is 30.5 Å². The average molecular weight is 503 g/mol. The lowest BCUT2D eigenvalue weighted by Crippen LogP contribution is -2.36. The minimum Gasteiger partial charge on any atom is -0.741 e. The quantitative estimate of drug-likeness (QED) is 0.177. The van der Waals surface area contributed by atoms with Crippen LogP contribution in [-0.2, 0) is 14.7 Å².